The van der Waals surface area contributed by atoms with E-state index in [2.05, 4.69) is 36.1 Å². The van der Waals surface area contributed by atoms with E-state index in [-0.39, 0.29) is 28.0 Å². The number of fused-ring (bicyclic) bond motifs is 1. The van der Waals surface area contributed by atoms with Gasteiger partial charge in [-0.05, 0) is 31.6 Å². The van der Waals surface area contributed by atoms with Crippen LogP contribution in [0.5, 0.6) is 0 Å². The monoisotopic (exact) mass is 597 g/mol. The minimum Gasteiger partial charge on any atom is -0.477 e. The number of nitrogens with one attached hydrogen (secondary N) is 2. The zero-order valence-corrected chi connectivity index (χ0v) is 23.2. The van der Waals surface area contributed by atoms with Gasteiger partial charge in [0, 0.05) is 16.9 Å². The number of tetrazole rings is 1. The number of H-pyrrole nitrogens is 1. The number of hydrogen-bond donors (Lipinski definition) is 4. The third-order valence-corrected chi connectivity index (χ3v) is 7.91. The highest BCUT2D eigenvalue weighted by Crippen LogP contribution is 2.41. The quantitative estimate of drug-likeness (QED) is 0.0917. The standard InChI is InChI=1S/C20H23N9O7S3/c1-20(2,3)36-10(30)4-35-26-11(9-7-38-18(21)22-9)14(31)23-12-15(32)29-13(17(33)34)8(5-37-16(12)29)6-39-19-24-27-28-25-19/h7,12,16H,4-6H2,1-3H3,(H2,21,22)(H,23,31)(H,33,34)(H,24,25,27,28)/t12?,16-/m1/s1. The fraction of sp³-hybridized carbons (Fsp3) is 0.450. The molecule has 0 saturated carbocycles. The van der Waals surface area contributed by atoms with Crippen molar-refractivity contribution in [2.24, 2.45) is 5.16 Å². The Labute approximate surface area is 233 Å². The number of hydrogen-bond acceptors (Lipinski definition) is 15. The molecule has 4 heterocycles. The molecule has 0 bridgehead atoms. The summed E-state index contributed by atoms with van der Waals surface area (Å²) in [6, 6.07) is -1.03. The molecule has 1 unspecified atom stereocenters. The number of oxime groups is 1. The number of nitrogens with two attached hydrogens (primary N) is 1. The highest BCUT2D eigenvalue weighted by Gasteiger charge is 2.54. The van der Waals surface area contributed by atoms with Gasteiger partial charge in [0.15, 0.2) is 10.8 Å². The minimum absolute atomic E-state index is 0.0750. The number of rotatable bonds is 10. The van der Waals surface area contributed by atoms with Gasteiger partial charge in [-0.25, -0.2) is 14.6 Å². The lowest BCUT2D eigenvalue weighted by Gasteiger charge is -2.49. The number of aromatic amines is 1. The maximum absolute atomic E-state index is 13.1. The molecule has 0 radical (unpaired) electrons. The number of thiazole rings is 1. The zero-order chi connectivity index (χ0) is 28.3. The summed E-state index contributed by atoms with van der Waals surface area (Å²) in [7, 11) is 0. The molecular weight excluding hydrogens is 574 g/mol. The normalized spacial score (nSPS) is 19.3. The van der Waals surface area contributed by atoms with Gasteiger partial charge < -0.3 is 25.7 Å². The summed E-state index contributed by atoms with van der Waals surface area (Å²) < 4.78 is 5.14. The van der Waals surface area contributed by atoms with E-state index in [9.17, 15) is 24.3 Å². The first-order valence-corrected chi connectivity index (χ1v) is 14.1. The van der Waals surface area contributed by atoms with Gasteiger partial charge in [0.1, 0.15) is 28.4 Å². The molecule has 1 saturated heterocycles. The minimum atomic E-state index is -1.27. The van der Waals surface area contributed by atoms with E-state index in [0.29, 0.717) is 16.5 Å². The second kappa shape index (κ2) is 11.6. The van der Waals surface area contributed by atoms with Crippen molar-refractivity contribution in [2.75, 3.05) is 23.8 Å². The number of aliphatic carboxylic acids is 1. The Balaban J connectivity index is 1.46. The number of anilines is 1. The number of carboxylic acids is 1. The molecule has 39 heavy (non-hydrogen) atoms. The molecule has 2 atom stereocenters. The number of nitrogens with zero attached hydrogens (tertiary/aromatic N) is 6. The van der Waals surface area contributed by atoms with Gasteiger partial charge in [-0.2, -0.15) is 5.21 Å². The third kappa shape index (κ3) is 6.66. The van der Waals surface area contributed by atoms with Crippen molar-refractivity contribution in [1.29, 1.82) is 0 Å². The van der Waals surface area contributed by atoms with Crippen LogP contribution in [0.2, 0.25) is 0 Å². The van der Waals surface area contributed by atoms with Crippen LogP contribution in [0.4, 0.5) is 5.13 Å². The van der Waals surface area contributed by atoms with Crippen molar-refractivity contribution < 1.29 is 33.9 Å². The van der Waals surface area contributed by atoms with Crippen LogP contribution in [0.25, 0.3) is 0 Å². The largest absolute Gasteiger partial charge is 0.477 e. The van der Waals surface area contributed by atoms with Gasteiger partial charge in [-0.1, -0.05) is 16.9 Å². The zero-order valence-electron chi connectivity index (χ0n) is 20.7. The van der Waals surface area contributed by atoms with E-state index >= 15 is 0 Å². The van der Waals surface area contributed by atoms with Crippen LogP contribution in [-0.4, -0.2) is 100 Å². The lowest BCUT2D eigenvalue weighted by Crippen LogP contribution is -2.71. The van der Waals surface area contributed by atoms with Crippen LogP contribution in [0.3, 0.4) is 0 Å². The number of nitrogen functional groups attached to an aromatic ring is 1. The summed E-state index contributed by atoms with van der Waals surface area (Å²) in [6.45, 7) is 4.50. The molecule has 0 spiro atoms. The number of esters is 1. The molecule has 1 fully saturated rings. The second-order valence-corrected chi connectivity index (χ2v) is 11.9. The molecule has 5 N–H and O–H groups in total. The molecule has 4 rings (SSSR count). The second-order valence-electron chi connectivity index (χ2n) is 8.97. The summed E-state index contributed by atoms with van der Waals surface area (Å²) >= 11 is 3.53. The van der Waals surface area contributed by atoms with Crippen molar-refractivity contribution in [3.8, 4) is 0 Å². The SMILES string of the molecule is CC(C)(C)OC(=O)CON=C(C(=O)NC1C(=O)N2C(C(=O)O)=C(CSc3nn[nH]n3)CS[C@H]12)c1csc(N)n1. The molecule has 208 valence electrons. The van der Waals surface area contributed by atoms with E-state index in [0.717, 1.165) is 16.2 Å². The predicted molar refractivity (Wildman–Crippen MR) is 139 cm³/mol. The lowest BCUT2D eigenvalue weighted by atomic mass is 10.0. The fourth-order valence-electron chi connectivity index (χ4n) is 3.49. The number of carbonyl (C=O) groups excluding carboxylic acids is 3. The van der Waals surface area contributed by atoms with Crippen LogP contribution in [0.1, 0.15) is 26.5 Å². The van der Waals surface area contributed by atoms with Crippen molar-refractivity contribution in [3.05, 3.63) is 22.3 Å². The number of carboxylic acid groups (broad SMARTS) is 1. The predicted octanol–water partition coefficient (Wildman–Crippen LogP) is -0.168. The fourth-order valence-corrected chi connectivity index (χ4v) is 6.26. The topological polar surface area (TPSA) is 228 Å². The van der Waals surface area contributed by atoms with Crippen molar-refractivity contribution >= 4 is 69.5 Å². The summed E-state index contributed by atoms with van der Waals surface area (Å²) in [6.07, 6.45) is 0. The maximum atomic E-state index is 13.1. The van der Waals surface area contributed by atoms with E-state index in [1.165, 1.54) is 28.9 Å². The molecule has 2 aliphatic heterocycles. The van der Waals surface area contributed by atoms with Gasteiger partial charge >= 0.3 is 11.9 Å². The number of ether oxygens (including phenoxy) is 1. The first-order valence-electron chi connectivity index (χ1n) is 11.1. The number of β-lactam (4-membered cyclic amide) rings is 1. The van der Waals surface area contributed by atoms with Crippen LogP contribution < -0.4 is 11.1 Å². The lowest BCUT2D eigenvalue weighted by molar-refractivity contribution is -0.160. The number of thioether (sulfide) groups is 2. The van der Waals surface area contributed by atoms with Gasteiger partial charge in [0.2, 0.25) is 11.8 Å². The van der Waals surface area contributed by atoms with Gasteiger partial charge in [-0.3, -0.25) is 14.5 Å². The molecular formula is C20H23N9O7S3. The van der Waals surface area contributed by atoms with E-state index < -0.39 is 47.4 Å². The van der Waals surface area contributed by atoms with Crippen LogP contribution in [0.15, 0.2) is 27.0 Å². The number of amides is 2. The molecule has 0 aromatic carbocycles. The van der Waals surface area contributed by atoms with Crippen molar-refractivity contribution in [1.82, 2.24) is 35.8 Å². The molecule has 0 aliphatic carbocycles. The highest BCUT2D eigenvalue weighted by molar-refractivity contribution is 8.01. The van der Waals surface area contributed by atoms with Gasteiger partial charge in [0.25, 0.3) is 11.8 Å². The van der Waals surface area contributed by atoms with Crippen LogP contribution >= 0.6 is 34.9 Å². The van der Waals surface area contributed by atoms with E-state index in [1.807, 2.05) is 0 Å². The van der Waals surface area contributed by atoms with Crippen LogP contribution in [0, 0.1) is 0 Å². The summed E-state index contributed by atoms with van der Waals surface area (Å²) in [5.74, 6) is -2.85. The molecule has 2 aliphatic rings. The molecule has 2 amide bonds. The third-order valence-electron chi connectivity index (χ3n) is 4.98. The van der Waals surface area contributed by atoms with Crippen molar-refractivity contribution in [2.45, 2.75) is 42.9 Å². The maximum Gasteiger partial charge on any atom is 0.352 e. The Hall–Kier alpha value is -3.71. The Morgan fingerprint density at radius 3 is 2.77 bits per heavy atom. The van der Waals surface area contributed by atoms with Crippen LogP contribution in [-0.2, 0) is 28.8 Å². The van der Waals surface area contributed by atoms with E-state index in [1.54, 1.807) is 20.8 Å². The summed E-state index contributed by atoms with van der Waals surface area (Å²) in [4.78, 5) is 60.4. The average Bonchev–Trinajstić information content (AvgIpc) is 3.53. The van der Waals surface area contributed by atoms with E-state index in [4.69, 9.17) is 15.3 Å². The summed E-state index contributed by atoms with van der Waals surface area (Å²) in [5.41, 5.74) is 5.07. The summed E-state index contributed by atoms with van der Waals surface area (Å²) in [5, 5.41) is 30.9. The Morgan fingerprint density at radius 1 is 1.38 bits per heavy atom. The van der Waals surface area contributed by atoms with Crippen molar-refractivity contribution in [3.63, 3.8) is 0 Å². The number of aromatic nitrogens is 5. The first-order chi connectivity index (χ1) is 18.4. The average molecular weight is 598 g/mol. The molecule has 2 aromatic heterocycles. The Morgan fingerprint density at radius 2 is 2.15 bits per heavy atom. The van der Waals surface area contributed by atoms with Gasteiger partial charge in [0.05, 0.1) is 0 Å². The number of carbonyl (C=O) groups is 4. The van der Waals surface area contributed by atoms with Gasteiger partial charge in [-0.15, -0.1) is 33.3 Å². The molecule has 2 aromatic rings. The Bertz CT molecular complexity index is 1340. The molecule has 19 heteroatoms. The first kappa shape index (κ1) is 28.3. The highest BCUT2D eigenvalue weighted by atomic mass is 32.2. The molecule has 16 nitrogen and oxygen atoms in total. The Kier molecular flexibility index (Phi) is 8.40. The smallest absolute Gasteiger partial charge is 0.352 e.